The number of pyridine rings is 1. The molecule has 1 N–H and O–H groups in total. The van der Waals surface area contributed by atoms with Gasteiger partial charge in [0, 0.05) is 24.0 Å². The molecule has 0 saturated heterocycles. The van der Waals surface area contributed by atoms with E-state index in [1.54, 1.807) is 24.5 Å². The lowest BCUT2D eigenvalue weighted by atomic mass is 10.2. The average molecular weight is 319 g/mol. The van der Waals surface area contributed by atoms with Gasteiger partial charge in [0.15, 0.2) is 5.82 Å². The van der Waals surface area contributed by atoms with Crippen molar-refractivity contribution in [3.05, 3.63) is 65.6 Å². The summed E-state index contributed by atoms with van der Waals surface area (Å²) in [5.74, 6) is -0.960. The number of aromatic nitrogens is 3. The molecule has 0 fully saturated rings. The Balaban J connectivity index is 2.00. The van der Waals surface area contributed by atoms with Crippen LogP contribution in [-0.2, 0) is 0 Å². The molecule has 0 saturated carbocycles. The van der Waals surface area contributed by atoms with E-state index in [1.165, 1.54) is 12.1 Å². The summed E-state index contributed by atoms with van der Waals surface area (Å²) < 4.78 is 27.3. The first-order valence-electron chi connectivity index (χ1n) is 6.29. The SMILES string of the molecule is Fc1cccc(F)c1Nc1cc(Cl)nc(-c2cccnc2)n1. The third-order valence-corrected chi connectivity index (χ3v) is 3.02. The van der Waals surface area contributed by atoms with Crippen LogP contribution < -0.4 is 5.32 Å². The van der Waals surface area contributed by atoms with Crippen molar-refractivity contribution in [2.24, 2.45) is 0 Å². The van der Waals surface area contributed by atoms with E-state index < -0.39 is 11.6 Å². The molecule has 1 aromatic carbocycles. The Morgan fingerprint density at radius 2 is 1.77 bits per heavy atom. The topological polar surface area (TPSA) is 50.7 Å². The van der Waals surface area contributed by atoms with Crippen LogP contribution in [0.1, 0.15) is 0 Å². The highest BCUT2D eigenvalue weighted by Gasteiger charge is 2.11. The fourth-order valence-corrected chi connectivity index (χ4v) is 2.03. The summed E-state index contributed by atoms with van der Waals surface area (Å²) in [4.78, 5) is 12.2. The molecule has 0 unspecified atom stereocenters. The first kappa shape index (κ1) is 14.3. The molecule has 2 heterocycles. The highest BCUT2D eigenvalue weighted by atomic mass is 35.5. The predicted molar refractivity (Wildman–Crippen MR) is 79.9 cm³/mol. The maximum absolute atomic E-state index is 13.7. The number of hydrogen-bond donors (Lipinski definition) is 1. The molecule has 0 radical (unpaired) electrons. The van der Waals surface area contributed by atoms with Gasteiger partial charge in [0.25, 0.3) is 0 Å². The van der Waals surface area contributed by atoms with Gasteiger partial charge in [-0.15, -0.1) is 0 Å². The molecular weight excluding hydrogens is 310 g/mol. The lowest BCUT2D eigenvalue weighted by Gasteiger charge is -2.09. The third-order valence-electron chi connectivity index (χ3n) is 2.83. The summed E-state index contributed by atoms with van der Waals surface area (Å²) in [6.07, 6.45) is 3.18. The summed E-state index contributed by atoms with van der Waals surface area (Å²) in [7, 11) is 0. The monoisotopic (exact) mass is 318 g/mol. The second-order valence-electron chi connectivity index (χ2n) is 4.36. The summed E-state index contributed by atoms with van der Waals surface area (Å²) >= 11 is 5.95. The van der Waals surface area contributed by atoms with Gasteiger partial charge >= 0.3 is 0 Å². The number of hydrogen-bond acceptors (Lipinski definition) is 4. The zero-order chi connectivity index (χ0) is 15.5. The second-order valence-corrected chi connectivity index (χ2v) is 4.75. The van der Waals surface area contributed by atoms with Crippen LogP contribution in [0, 0.1) is 11.6 Å². The zero-order valence-electron chi connectivity index (χ0n) is 11.1. The van der Waals surface area contributed by atoms with E-state index in [2.05, 4.69) is 20.3 Å². The largest absolute Gasteiger partial charge is 0.335 e. The molecule has 110 valence electrons. The third kappa shape index (κ3) is 3.01. The van der Waals surface area contributed by atoms with Gasteiger partial charge in [0.1, 0.15) is 28.3 Å². The first-order valence-corrected chi connectivity index (χ1v) is 6.67. The van der Waals surface area contributed by atoms with Gasteiger partial charge in [-0.25, -0.2) is 18.7 Å². The van der Waals surface area contributed by atoms with Crippen molar-refractivity contribution < 1.29 is 8.78 Å². The van der Waals surface area contributed by atoms with E-state index >= 15 is 0 Å². The van der Waals surface area contributed by atoms with E-state index in [4.69, 9.17) is 11.6 Å². The number of rotatable bonds is 3. The van der Waals surface area contributed by atoms with Crippen LogP contribution in [0.4, 0.5) is 20.3 Å². The number of nitrogens with one attached hydrogen (secondary N) is 1. The molecule has 0 amide bonds. The maximum atomic E-state index is 13.7. The van der Waals surface area contributed by atoms with Crippen LogP contribution in [-0.4, -0.2) is 15.0 Å². The standard InChI is InChI=1S/C15H9ClF2N4/c16-12-7-13(21-14-10(17)4-1-5-11(14)18)22-15(20-12)9-3-2-6-19-8-9/h1-8H,(H,20,21,22). The highest BCUT2D eigenvalue weighted by Crippen LogP contribution is 2.25. The molecule has 3 rings (SSSR count). The molecular formula is C15H9ClF2N4. The Labute approximate surface area is 129 Å². The molecule has 0 aliphatic rings. The Kier molecular flexibility index (Phi) is 3.93. The average Bonchev–Trinajstić information content (AvgIpc) is 2.51. The molecule has 0 aliphatic heterocycles. The maximum Gasteiger partial charge on any atom is 0.164 e. The van der Waals surface area contributed by atoms with Crippen LogP contribution in [0.5, 0.6) is 0 Å². The van der Waals surface area contributed by atoms with Crippen molar-refractivity contribution >= 4 is 23.1 Å². The smallest absolute Gasteiger partial charge is 0.164 e. The van der Waals surface area contributed by atoms with Crippen molar-refractivity contribution in [3.63, 3.8) is 0 Å². The van der Waals surface area contributed by atoms with Gasteiger partial charge in [-0.2, -0.15) is 0 Å². The minimum Gasteiger partial charge on any atom is -0.335 e. The molecule has 3 aromatic rings. The Hall–Kier alpha value is -2.60. The fourth-order valence-electron chi connectivity index (χ4n) is 1.85. The van der Waals surface area contributed by atoms with Gasteiger partial charge in [0.2, 0.25) is 0 Å². The summed E-state index contributed by atoms with van der Waals surface area (Å²) in [6.45, 7) is 0. The van der Waals surface area contributed by atoms with E-state index in [-0.39, 0.29) is 16.7 Å². The normalized spacial score (nSPS) is 10.5. The van der Waals surface area contributed by atoms with Crippen molar-refractivity contribution in [1.29, 1.82) is 0 Å². The second kappa shape index (κ2) is 6.03. The molecule has 0 bridgehead atoms. The first-order chi connectivity index (χ1) is 10.6. The quantitative estimate of drug-likeness (QED) is 0.735. The van der Waals surface area contributed by atoms with E-state index in [0.717, 1.165) is 12.1 Å². The summed E-state index contributed by atoms with van der Waals surface area (Å²) in [5.41, 5.74) is 0.344. The van der Waals surface area contributed by atoms with Crippen molar-refractivity contribution in [1.82, 2.24) is 15.0 Å². The zero-order valence-corrected chi connectivity index (χ0v) is 11.9. The van der Waals surface area contributed by atoms with Crippen LogP contribution in [0.25, 0.3) is 11.4 Å². The number of para-hydroxylation sites is 1. The van der Waals surface area contributed by atoms with Gasteiger partial charge in [-0.05, 0) is 24.3 Å². The van der Waals surface area contributed by atoms with E-state index in [1.807, 2.05) is 0 Å². The van der Waals surface area contributed by atoms with E-state index in [9.17, 15) is 8.78 Å². The molecule has 0 spiro atoms. The minimum absolute atomic E-state index is 0.146. The number of anilines is 2. The van der Waals surface area contributed by atoms with Gasteiger partial charge < -0.3 is 5.32 Å². The molecule has 22 heavy (non-hydrogen) atoms. The van der Waals surface area contributed by atoms with Crippen LogP contribution >= 0.6 is 11.6 Å². The number of halogens is 3. The van der Waals surface area contributed by atoms with Crippen LogP contribution in [0.15, 0.2) is 48.8 Å². The Morgan fingerprint density at radius 3 is 2.45 bits per heavy atom. The summed E-state index contributed by atoms with van der Waals surface area (Å²) in [5, 5.41) is 2.73. The van der Waals surface area contributed by atoms with Gasteiger partial charge in [0.05, 0.1) is 0 Å². The van der Waals surface area contributed by atoms with Crippen LogP contribution in [0.3, 0.4) is 0 Å². The molecule has 4 nitrogen and oxygen atoms in total. The Bertz CT molecular complexity index is 792. The molecule has 7 heteroatoms. The number of nitrogens with zero attached hydrogens (tertiary/aromatic N) is 3. The Morgan fingerprint density at radius 1 is 1.00 bits per heavy atom. The van der Waals surface area contributed by atoms with Crippen molar-refractivity contribution in [2.45, 2.75) is 0 Å². The van der Waals surface area contributed by atoms with Crippen molar-refractivity contribution in [3.8, 4) is 11.4 Å². The molecule has 0 atom stereocenters. The summed E-state index contributed by atoms with van der Waals surface area (Å²) in [6, 6.07) is 8.44. The highest BCUT2D eigenvalue weighted by molar-refractivity contribution is 6.29. The lowest BCUT2D eigenvalue weighted by molar-refractivity contribution is 0.590. The fraction of sp³-hybridized carbons (Fsp3) is 0. The van der Waals surface area contributed by atoms with Crippen molar-refractivity contribution in [2.75, 3.05) is 5.32 Å². The molecule has 2 aromatic heterocycles. The number of benzene rings is 1. The van der Waals surface area contributed by atoms with E-state index in [0.29, 0.717) is 11.4 Å². The van der Waals surface area contributed by atoms with Gasteiger partial charge in [-0.1, -0.05) is 17.7 Å². The van der Waals surface area contributed by atoms with Crippen LogP contribution in [0.2, 0.25) is 5.15 Å². The predicted octanol–water partition coefficient (Wildman–Crippen LogP) is 4.21. The van der Waals surface area contributed by atoms with Gasteiger partial charge in [-0.3, -0.25) is 4.98 Å². The minimum atomic E-state index is -0.724. The molecule has 0 aliphatic carbocycles. The lowest BCUT2D eigenvalue weighted by Crippen LogP contribution is -2.01.